The van der Waals surface area contributed by atoms with Crippen molar-refractivity contribution in [3.8, 4) is 17.2 Å². The number of urea groups is 1. The molecule has 26 heavy (non-hydrogen) atoms. The lowest BCUT2D eigenvalue weighted by atomic mass is 10.1. The van der Waals surface area contributed by atoms with Gasteiger partial charge in [-0.2, -0.15) is 0 Å². The average molecular weight is 358 g/mol. The van der Waals surface area contributed by atoms with Crippen molar-refractivity contribution < 1.29 is 19.0 Å². The van der Waals surface area contributed by atoms with Crippen molar-refractivity contribution in [2.24, 2.45) is 0 Å². The lowest BCUT2D eigenvalue weighted by Crippen LogP contribution is -2.40. The number of carbonyl (C=O) groups excluding carboxylic acids is 1. The van der Waals surface area contributed by atoms with Gasteiger partial charge in [0.05, 0.1) is 26.8 Å². The van der Waals surface area contributed by atoms with E-state index in [1.807, 2.05) is 55.5 Å². The zero-order chi connectivity index (χ0) is 18.9. The number of rotatable bonds is 8. The fourth-order valence-corrected chi connectivity index (χ4v) is 2.47. The standard InChI is InChI=1S/C20H26N2O4/c1-15(18-14-17(24-3)10-11-19(18)25-4)21-20(23)22(2)12-13-26-16-8-6-5-7-9-16/h5-11,14-15H,12-13H2,1-4H3,(H,21,23). The topological polar surface area (TPSA) is 60.0 Å². The Hall–Kier alpha value is -2.89. The molecule has 1 unspecified atom stereocenters. The van der Waals surface area contributed by atoms with E-state index in [1.54, 1.807) is 26.2 Å². The van der Waals surface area contributed by atoms with Crippen LogP contribution in [0, 0.1) is 0 Å². The van der Waals surface area contributed by atoms with Crippen LogP contribution in [0.5, 0.6) is 17.2 Å². The summed E-state index contributed by atoms with van der Waals surface area (Å²) in [5, 5.41) is 2.97. The molecule has 1 atom stereocenters. The summed E-state index contributed by atoms with van der Waals surface area (Å²) in [4.78, 5) is 14.0. The van der Waals surface area contributed by atoms with Crippen molar-refractivity contribution in [1.29, 1.82) is 0 Å². The van der Waals surface area contributed by atoms with Crippen LogP contribution in [0.2, 0.25) is 0 Å². The molecule has 2 aromatic rings. The van der Waals surface area contributed by atoms with Crippen LogP contribution in [0.25, 0.3) is 0 Å². The van der Waals surface area contributed by atoms with Gasteiger partial charge in [0, 0.05) is 12.6 Å². The van der Waals surface area contributed by atoms with Gasteiger partial charge in [0.25, 0.3) is 0 Å². The molecule has 0 radical (unpaired) electrons. The van der Waals surface area contributed by atoms with Crippen LogP contribution in [0.15, 0.2) is 48.5 Å². The molecular formula is C20H26N2O4. The van der Waals surface area contributed by atoms with E-state index in [-0.39, 0.29) is 12.1 Å². The van der Waals surface area contributed by atoms with Crippen LogP contribution in [-0.4, -0.2) is 45.3 Å². The smallest absolute Gasteiger partial charge is 0.317 e. The third-order valence-corrected chi connectivity index (χ3v) is 4.03. The zero-order valence-electron chi connectivity index (χ0n) is 15.7. The fraction of sp³-hybridized carbons (Fsp3) is 0.350. The van der Waals surface area contributed by atoms with E-state index in [4.69, 9.17) is 14.2 Å². The van der Waals surface area contributed by atoms with E-state index in [0.29, 0.717) is 24.7 Å². The zero-order valence-corrected chi connectivity index (χ0v) is 15.7. The van der Waals surface area contributed by atoms with E-state index < -0.39 is 0 Å². The number of amides is 2. The van der Waals surface area contributed by atoms with Gasteiger partial charge in [0.1, 0.15) is 23.9 Å². The molecule has 140 valence electrons. The number of hydrogen-bond donors (Lipinski definition) is 1. The first-order valence-corrected chi connectivity index (χ1v) is 8.46. The molecule has 0 spiro atoms. The summed E-state index contributed by atoms with van der Waals surface area (Å²) in [5.41, 5.74) is 0.856. The van der Waals surface area contributed by atoms with Crippen LogP contribution >= 0.6 is 0 Å². The van der Waals surface area contributed by atoms with Gasteiger partial charge in [0.15, 0.2) is 0 Å². The lowest BCUT2D eigenvalue weighted by Gasteiger charge is -2.23. The number of likely N-dealkylation sites (N-methyl/N-ethyl adjacent to an activating group) is 1. The predicted molar refractivity (Wildman–Crippen MR) is 101 cm³/mol. The third kappa shape index (κ3) is 5.31. The Morgan fingerprint density at radius 1 is 1.08 bits per heavy atom. The molecule has 0 aliphatic carbocycles. The van der Waals surface area contributed by atoms with Gasteiger partial charge < -0.3 is 24.4 Å². The highest BCUT2D eigenvalue weighted by atomic mass is 16.5. The molecule has 6 heteroatoms. The number of para-hydroxylation sites is 1. The van der Waals surface area contributed by atoms with E-state index in [1.165, 1.54) is 0 Å². The molecule has 0 saturated heterocycles. The van der Waals surface area contributed by atoms with E-state index in [2.05, 4.69) is 5.32 Å². The number of methoxy groups -OCH3 is 2. The highest BCUT2D eigenvalue weighted by molar-refractivity contribution is 5.74. The third-order valence-electron chi connectivity index (χ3n) is 4.03. The van der Waals surface area contributed by atoms with Crippen LogP contribution in [0.4, 0.5) is 4.79 Å². The average Bonchev–Trinajstić information content (AvgIpc) is 2.68. The SMILES string of the molecule is COc1ccc(OC)c(C(C)NC(=O)N(C)CCOc2ccccc2)c1. The van der Waals surface area contributed by atoms with Gasteiger partial charge in [0.2, 0.25) is 0 Å². The summed E-state index contributed by atoms with van der Waals surface area (Å²) in [7, 11) is 4.95. The number of carbonyl (C=O) groups is 1. The maximum Gasteiger partial charge on any atom is 0.317 e. The molecule has 0 bridgehead atoms. The second-order valence-electron chi connectivity index (χ2n) is 5.86. The van der Waals surface area contributed by atoms with Crippen molar-refractivity contribution in [2.45, 2.75) is 13.0 Å². The molecule has 0 heterocycles. The fourth-order valence-electron chi connectivity index (χ4n) is 2.47. The van der Waals surface area contributed by atoms with Crippen molar-refractivity contribution >= 4 is 6.03 Å². The molecule has 0 aliphatic rings. The van der Waals surface area contributed by atoms with Crippen molar-refractivity contribution in [3.63, 3.8) is 0 Å². The molecule has 0 aromatic heterocycles. The van der Waals surface area contributed by atoms with Gasteiger partial charge >= 0.3 is 6.03 Å². The normalized spacial score (nSPS) is 11.4. The van der Waals surface area contributed by atoms with Crippen molar-refractivity contribution in [2.75, 3.05) is 34.4 Å². The van der Waals surface area contributed by atoms with Crippen molar-refractivity contribution in [1.82, 2.24) is 10.2 Å². The minimum absolute atomic E-state index is 0.181. The summed E-state index contributed by atoms with van der Waals surface area (Å²) in [6.45, 7) is 2.80. The minimum Gasteiger partial charge on any atom is -0.497 e. The highest BCUT2D eigenvalue weighted by Gasteiger charge is 2.17. The number of benzene rings is 2. The summed E-state index contributed by atoms with van der Waals surface area (Å²) in [5.74, 6) is 2.20. The first-order chi connectivity index (χ1) is 12.5. The quantitative estimate of drug-likeness (QED) is 0.785. The molecule has 0 aliphatic heterocycles. The van der Waals surface area contributed by atoms with Gasteiger partial charge in [-0.3, -0.25) is 0 Å². The summed E-state index contributed by atoms with van der Waals surface area (Å²) >= 11 is 0. The maximum absolute atomic E-state index is 12.4. The van der Waals surface area contributed by atoms with Crippen LogP contribution < -0.4 is 19.5 Å². The van der Waals surface area contributed by atoms with Gasteiger partial charge in [-0.25, -0.2) is 4.79 Å². The Kier molecular flexibility index (Phi) is 7.14. The van der Waals surface area contributed by atoms with E-state index in [9.17, 15) is 4.79 Å². The minimum atomic E-state index is -0.231. The van der Waals surface area contributed by atoms with E-state index >= 15 is 0 Å². The van der Waals surface area contributed by atoms with Crippen molar-refractivity contribution in [3.05, 3.63) is 54.1 Å². The summed E-state index contributed by atoms with van der Waals surface area (Å²) < 4.78 is 16.3. The number of hydrogen-bond acceptors (Lipinski definition) is 4. The molecule has 1 N–H and O–H groups in total. The molecule has 0 fully saturated rings. The predicted octanol–water partition coefficient (Wildman–Crippen LogP) is 3.49. The second-order valence-corrected chi connectivity index (χ2v) is 5.86. The van der Waals surface area contributed by atoms with Gasteiger partial charge in [-0.15, -0.1) is 0 Å². The maximum atomic E-state index is 12.4. The monoisotopic (exact) mass is 358 g/mol. The molecule has 2 rings (SSSR count). The Bertz CT molecular complexity index is 706. The highest BCUT2D eigenvalue weighted by Crippen LogP contribution is 2.29. The number of ether oxygens (including phenoxy) is 3. The van der Waals surface area contributed by atoms with Gasteiger partial charge in [-0.1, -0.05) is 18.2 Å². The Morgan fingerprint density at radius 2 is 1.81 bits per heavy atom. The van der Waals surface area contributed by atoms with Crippen LogP contribution in [0.1, 0.15) is 18.5 Å². The molecular weight excluding hydrogens is 332 g/mol. The molecule has 2 amide bonds. The Labute approximate surface area is 154 Å². The Balaban J connectivity index is 1.89. The van der Waals surface area contributed by atoms with E-state index in [0.717, 1.165) is 11.3 Å². The molecule has 6 nitrogen and oxygen atoms in total. The largest absolute Gasteiger partial charge is 0.497 e. The first-order valence-electron chi connectivity index (χ1n) is 8.46. The number of nitrogens with one attached hydrogen (secondary N) is 1. The van der Waals surface area contributed by atoms with Gasteiger partial charge in [-0.05, 0) is 37.3 Å². The van der Waals surface area contributed by atoms with Crippen LogP contribution in [0.3, 0.4) is 0 Å². The lowest BCUT2D eigenvalue weighted by molar-refractivity contribution is 0.192. The molecule has 0 saturated carbocycles. The van der Waals surface area contributed by atoms with Crippen LogP contribution in [-0.2, 0) is 0 Å². The number of nitrogens with zero attached hydrogens (tertiary/aromatic N) is 1. The first kappa shape index (κ1) is 19.4. The second kappa shape index (κ2) is 9.56. The molecule has 2 aromatic carbocycles. The summed E-state index contributed by atoms with van der Waals surface area (Å²) in [6.07, 6.45) is 0. The summed E-state index contributed by atoms with van der Waals surface area (Å²) in [6, 6.07) is 14.6. The Morgan fingerprint density at radius 3 is 2.46 bits per heavy atom.